The average Bonchev–Trinajstić information content (AvgIpc) is 2.70. The molecule has 0 atom stereocenters. The molecule has 7 nitrogen and oxygen atoms in total. The van der Waals surface area contributed by atoms with Gasteiger partial charge in [0.1, 0.15) is 0 Å². The zero-order valence-corrected chi connectivity index (χ0v) is 20.2. The Morgan fingerprint density at radius 3 is 2.69 bits per heavy atom. The summed E-state index contributed by atoms with van der Waals surface area (Å²) < 4.78 is 5.33. The molecule has 0 unspecified atom stereocenters. The number of morpholine rings is 1. The molecule has 1 heterocycles. The van der Waals surface area contributed by atoms with Gasteiger partial charge in [-0.05, 0) is 30.0 Å². The number of ether oxygens (including phenoxy) is 1. The second-order valence-electron chi connectivity index (χ2n) is 7.49. The van der Waals surface area contributed by atoms with E-state index in [2.05, 4.69) is 39.7 Å². The van der Waals surface area contributed by atoms with Crippen molar-refractivity contribution in [1.29, 1.82) is 0 Å². The maximum Gasteiger partial charge on any atom is 0.225 e. The van der Waals surface area contributed by atoms with Gasteiger partial charge < -0.3 is 20.7 Å². The van der Waals surface area contributed by atoms with Crippen molar-refractivity contribution in [3.63, 3.8) is 0 Å². The van der Waals surface area contributed by atoms with Gasteiger partial charge in [0.2, 0.25) is 5.91 Å². The third kappa shape index (κ3) is 10.8. The van der Waals surface area contributed by atoms with Crippen molar-refractivity contribution in [2.45, 2.75) is 33.2 Å². The van der Waals surface area contributed by atoms with Gasteiger partial charge in [0.15, 0.2) is 5.96 Å². The van der Waals surface area contributed by atoms with Crippen molar-refractivity contribution in [3.05, 3.63) is 29.8 Å². The first-order valence-corrected chi connectivity index (χ1v) is 10.2. The van der Waals surface area contributed by atoms with Gasteiger partial charge in [0.05, 0.1) is 13.2 Å². The Labute approximate surface area is 192 Å². The SMILES string of the molecule is CN=C(NCCC(C)C)NCc1cccc(NC(=O)CCN2CCOCC2)c1.I. The minimum Gasteiger partial charge on any atom is -0.379 e. The Morgan fingerprint density at radius 1 is 1.24 bits per heavy atom. The number of nitrogens with zero attached hydrogens (tertiary/aromatic N) is 2. The number of carbonyl (C=O) groups excluding carboxylic acids is 1. The van der Waals surface area contributed by atoms with E-state index in [0.29, 0.717) is 18.9 Å². The highest BCUT2D eigenvalue weighted by Crippen LogP contribution is 2.11. The molecule has 29 heavy (non-hydrogen) atoms. The molecule has 0 aliphatic carbocycles. The van der Waals surface area contributed by atoms with E-state index in [4.69, 9.17) is 4.74 Å². The molecule has 1 saturated heterocycles. The van der Waals surface area contributed by atoms with E-state index >= 15 is 0 Å². The lowest BCUT2D eigenvalue weighted by atomic mass is 10.1. The highest BCUT2D eigenvalue weighted by molar-refractivity contribution is 14.0. The molecule has 0 aromatic heterocycles. The van der Waals surface area contributed by atoms with Crippen LogP contribution in [-0.2, 0) is 16.1 Å². The number of halogens is 1. The molecule has 1 fully saturated rings. The van der Waals surface area contributed by atoms with Gasteiger partial charge in [-0.3, -0.25) is 14.7 Å². The monoisotopic (exact) mass is 517 g/mol. The quantitative estimate of drug-likeness (QED) is 0.267. The number of rotatable bonds is 9. The maximum absolute atomic E-state index is 12.2. The largest absolute Gasteiger partial charge is 0.379 e. The summed E-state index contributed by atoms with van der Waals surface area (Å²) in [6.07, 6.45) is 1.60. The zero-order valence-electron chi connectivity index (χ0n) is 17.9. The number of benzene rings is 1. The second-order valence-corrected chi connectivity index (χ2v) is 7.49. The Bertz CT molecular complexity index is 633. The van der Waals surface area contributed by atoms with Gasteiger partial charge in [-0.1, -0.05) is 26.0 Å². The van der Waals surface area contributed by atoms with Crippen LogP contribution in [0.4, 0.5) is 5.69 Å². The Hall–Kier alpha value is -1.39. The molecule has 0 bridgehead atoms. The standard InChI is InChI=1S/C21H35N5O2.HI/c1-17(2)7-9-23-21(22-3)24-16-18-5-4-6-19(15-18)25-20(27)8-10-26-11-13-28-14-12-26;/h4-6,15,17H,7-14,16H2,1-3H3,(H,25,27)(H2,22,23,24);1H. The van der Waals surface area contributed by atoms with Crippen molar-refractivity contribution < 1.29 is 9.53 Å². The van der Waals surface area contributed by atoms with E-state index in [1.165, 1.54) is 0 Å². The molecular formula is C21H36IN5O2. The van der Waals surface area contributed by atoms with Crippen LogP contribution in [0.3, 0.4) is 0 Å². The van der Waals surface area contributed by atoms with Crippen LogP contribution in [0.1, 0.15) is 32.3 Å². The molecule has 164 valence electrons. The molecule has 1 aliphatic rings. The zero-order chi connectivity index (χ0) is 20.2. The van der Waals surface area contributed by atoms with Crippen LogP contribution in [0.25, 0.3) is 0 Å². The molecule has 3 N–H and O–H groups in total. The average molecular weight is 517 g/mol. The number of amides is 1. The summed E-state index contributed by atoms with van der Waals surface area (Å²) in [7, 11) is 1.77. The number of guanidine groups is 1. The van der Waals surface area contributed by atoms with Gasteiger partial charge in [-0.25, -0.2) is 0 Å². The van der Waals surface area contributed by atoms with Crippen LogP contribution in [-0.4, -0.2) is 63.2 Å². The van der Waals surface area contributed by atoms with Gasteiger partial charge in [-0.2, -0.15) is 0 Å². The van der Waals surface area contributed by atoms with Gasteiger partial charge in [0, 0.05) is 51.9 Å². The summed E-state index contributed by atoms with van der Waals surface area (Å²) in [4.78, 5) is 18.8. The van der Waals surface area contributed by atoms with E-state index in [1.54, 1.807) is 7.05 Å². The predicted octanol–water partition coefficient (Wildman–Crippen LogP) is 2.68. The van der Waals surface area contributed by atoms with Crippen LogP contribution in [0, 0.1) is 5.92 Å². The summed E-state index contributed by atoms with van der Waals surface area (Å²) in [5.41, 5.74) is 1.92. The summed E-state index contributed by atoms with van der Waals surface area (Å²) in [5, 5.41) is 9.64. The molecule has 8 heteroatoms. The maximum atomic E-state index is 12.2. The number of nitrogens with one attached hydrogen (secondary N) is 3. The highest BCUT2D eigenvalue weighted by atomic mass is 127. The fourth-order valence-electron chi connectivity index (χ4n) is 2.95. The van der Waals surface area contributed by atoms with E-state index in [0.717, 1.165) is 63.0 Å². The molecule has 0 spiro atoms. The molecule has 2 rings (SSSR count). The van der Waals surface area contributed by atoms with Crippen molar-refractivity contribution >= 4 is 41.5 Å². The molecule has 0 radical (unpaired) electrons. The Morgan fingerprint density at radius 2 is 2.00 bits per heavy atom. The normalized spacial score (nSPS) is 15.0. The minimum absolute atomic E-state index is 0. The summed E-state index contributed by atoms with van der Waals surface area (Å²) in [6.45, 7) is 10.1. The first kappa shape index (κ1) is 25.6. The van der Waals surface area contributed by atoms with Crippen molar-refractivity contribution in [2.24, 2.45) is 10.9 Å². The van der Waals surface area contributed by atoms with Crippen LogP contribution in [0.5, 0.6) is 0 Å². The summed E-state index contributed by atoms with van der Waals surface area (Å²) in [5.74, 6) is 1.50. The van der Waals surface area contributed by atoms with E-state index in [-0.39, 0.29) is 29.9 Å². The topological polar surface area (TPSA) is 78.0 Å². The lowest BCUT2D eigenvalue weighted by Gasteiger charge is -2.26. The second kappa shape index (κ2) is 14.6. The van der Waals surface area contributed by atoms with Crippen LogP contribution >= 0.6 is 24.0 Å². The van der Waals surface area contributed by atoms with Crippen LogP contribution in [0.2, 0.25) is 0 Å². The van der Waals surface area contributed by atoms with E-state index in [1.807, 2.05) is 24.3 Å². The van der Waals surface area contributed by atoms with Crippen LogP contribution < -0.4 is 16.0 Å². The van der Waals surface area contributed by atoms with Gasteiger partial charge in [-0.15, -0.1) is 24.0 Å². The molecule has 1 aliphatic heterocycles. The van der Waals surface area contributed by atoms with Crippen LogP contribution in [0.15, 0.2) is 29.3 Å². The number of aliphatic imine (C=N–C) groups is 1. The highest BCUT2D eigenvalue weighted by Gasteiger charge is 2.12. The first-order valence-electron chi connectivity index (χ1n) is 10.2. The third-order valence-electron chi connectivity index (χ3n) is 4.67. The molecule has 1 aromatic rings. The smallest absolute Gasteiger partial charge is 0.225 e. The predicted molar refractivity (Wildman–Crippen MR) is 130 cm³/mol. The number of anilines is 1. The summed E-state index contributed by atoms with van der Waals surface area (Å²) >= 11 is 0. The van der Waals surface area contributed by atoms with Crippen molar-refractivity contribution in [2.75, 3.05) is 51.8 Å². The fourth-order valence-corrected chi connectivity index (χ4v) is 2.95. The fraction of sp³-hybridized carbons (Fsp3) is 0.619. The van der Waals surface area contributed by atoms with Crippen molar-refractivity contribution in [3.8, 4) is 0 Å². The Kier molecular flexibility index (Phi) is 12.9. The molecule has 1 amide bonds. The lowest BCUT2D eigenvalue weighted by Crippen LogP contribution is -2.38. The van der Waals surface area contributed by atoms with Crippen molar-refractivity contribution in [1.82, 2.24) is 15.5 Å². The molecular weight excluding hydrogens is 481 g/mol. The minimum atomic E-state index is 0. The molecule has 0 saturated carbocycles. The lowest BCUT2D eigenvalue weighted by molar-refractivity contribution is -0.116. The summed E-state index contributed by atoms with van der Waals surface area (Å²) in [6, 6.07) is 7.92. The van der Waals surface area contributed by atoms with E-state index < -0.39 is 0 Å². The first-order chi connectivity index (χ1) is 13.6. The Balaban J connectivity index is 0.00000420. The molecule has 1 aromatic carbocycles. The van der Waals surface area contributed by atoms with Gasteiger partial charge >= 0.3 is 0 Å². The van der Waals surface area contributed by atoms with E-state index in [9.17, 15) is 4.79 Å². The number of hydrogen-bond donors (Lipinski definition) is 3. The third-order valence-corrected chi connectivity index (χ3v) is 4.67. The van der Waals surface area contributed by atoms with Gasteiger partial charge in [0.25, 0.3) is 0 Å². The number of hydrogen-bond acceptors (Lipinski definition) is 4. The number of carbonyl (C=O) groups is 1.